The van der Waals surface area contributed by atoms with Crippen LogP contribution in [0.4, 0.5) is 5.69 Å². The van der Waals surface area contributed by atoms with Crippen molar-refractivity contribution < 1.29 is 13.2 Å². The van der Waals surface area contributed by atoms with Gasteiger partial charge in [-0.05, 0) is 48.9 Å². The highest BCUT2D eigenvalue weighted by molar-refractivity contribution is 7.92. The molecule has 0 saturated heterocycles. The van der Waals surface area contributed by atoms with Crippen molar-refractivity contribution in [1.82, 2.24) is 14.6 Å². The molecular weight excluding hydrogens is 392 g/mol. The summed E-state index contributed by atoms with van der Waals surface area (Å²) >= 11 is 0. The molecule has 0 spiro atoms. The minimum Gasteiger partial charge on any atom is -0.457 e. The van der Waals surface area contributed by atoms with Crippen molar-refractivity contribution in [2.24, 2.45) is 0 Å². The first-order valence-corrected chi connectivity index (χ1v) is 10.6. The normalized spacial score (nSPS) is 11.5. The number of sulfonamides is 1. The van der Waals surface area contributed by atoms with Crippen LogP contribution in [0.2, 0.25) is 0 Å². The van der Waals surface area contributed by atoms with Crippen molar-refractivity contribution in [3.63, 3.8) is 0 Å². The predicted octanol–water partition coefficient (Wildman–Crippen LogP) is 3.16. The molecular formula is C20H18N4O4S. The lowest BCUT2D eigenvalue weighted by molar-refractivity contribution is 0.484. The molecule has 0 aliphatic heterocycles. The van der Waals surface area contributed by atoms with E-state index < -0.39 is 10.0 Å². The van der Waals surface area contributed by atoms with E-state index in [2.05, 4.69) is 14.9 Å². The van der Waals surface area contributed by atoms with Crippen molar-refractivity contribution in [1.29, 1.82) is 0 Å². The number of aryl methyl sites for hydroxylation is 1. The highest BCUT2D eigenvalue weighted by atomic mass is 32.2. The third-order valence-corrected chi connectivity index (χ3v) is 4.92. The van der Waals surface area contributed by atoms with E-state index in [0.717, 1.165) is 11.8 Å². The van der Waals surface area contributed by atoms with Crippen LogP contribution in [0.15, 0.2) is 65.7 Å². The summed E-state index contributed by atoms with van der Waals surface area (Å²) in [6, 6.07) is 16.0. The SMILES string of the molecule is Cc1cc(-c2cc(NS(C)(=O)=O)ccc2Oc2ccccc2)n2cn[nH]c(=O)c12. The number of rotatable bonds is 5. The summed E-state index contributed by atoms with van der Waals surface area (Å²) in [5, 5.41) is 6.31. The van der Waals surface area contributed by atoms with Crippen molar-refractivity contribution in [2.45, 2.75) is 6.92 Å². The van der Waals surface area contributed by atoms with Gasteiger partial charge in [0.15, 0.2) is 0 Å². The molecule has 0 atom stereocenters. The molecule has 148 valence electrons. The van der Waals surface area contributed by atoms with Crippen molar-refractivity contribution in [2.75, 3.05) is 11.0 Å². The number of anilines is 1. The summed E-state index contributed by atoms with van der Waals surface area (Å²) in [5.74, 6) is 1.14. The van der Waals surface area contributed by atoms with E-state index >= 15 is 0 Å². The number of aromatic amines is 1. The molecule has 4 rings (SSSR count). The Bertz CT molecular complexity index is 1360. The molecule has 29 heavy (non-hydrogen) atoms. The number of aromatic nitrogens is 3. The van der Waals surface area contributed by atoms with Crippen LogP contribution in [0.25, 0.3) is 16.8 Å². The molecule has 2 aromatic carbocycles. The van der Waals surface area contributed by atoms with Gasteiger partial charge in [-0.1, -0.05) is 18.2 Å². The third kappa shape index (κ3) is 3.85. The number of hydrogen-bond donors (Lipinski definition) is 2. The number of fused-ring (bicyclic) bond motifs is 1. The molecule has 0 aliphatic carbocycles. The summed E-state index contributed by atoms with van der Waals surface area (Å²) in [6.45, 7) is 1.82. The molecule has 8 nitrogen and oxygen atoms in total. The first-order valence-electron chi connectivity index (χ1n) is 8.72. The Morgan fingerprint density at radius 3 is 2.59 bits per heavy atom. The minimum absolute atomic E-state index is 0.313. The lowest BCUT2D eigenvalue weighted by Crippen LogP contribution is -2.12. The lowest BCUT2D eigenvalue weighted by atomic mass is 10.1. The summed E-state index contributed by atoms with van der Waals surface area (Å²) in [5.41, 5.74) is 2.55. The van der Waals surface area contributed by atoms with Gasteiger partial charge in [-0.15, -0.1) is 0 Å². The predicted molar refractivity (Wildman–Crippen MR) is 111 cm³/mol. The fraction of sp³-hybridized carbons (Fsp3) is 0.100. The van der Waals surface area contributed by atoms with E-state index in [-0.39, 0.29) is 5.56 Å². The molecule has 2 aromatic heterocycles. The highest BCUT2D eigenvalue weighted by Crippen LogP contribution is 2.37. The second-order valence-electron chi connectivity index (χ2n) is 6.62. The smallest absolute Gasteiger partial charge is 0.288 e. The number of benzene rings is 2. The number of nitrogens with one attached hydrogen (secondary N) is 2. The maximum absolute atomic E-state index is 12.2. The van der Waals surface area contributed by atoms with Crippen molar-refractivity contribution >= 4 is 21.2 Å². The number of nitrogens with zero attached hydrogens (tertiary/aromatic N) is 2. The van der Waals surface area contributed by atoms with Crippen LogP contribution < -0.4 is 15.0 Å². The van der Waals surface area contributed by atoms with E-state index in [1.54, 1.807) is 22.6 Å². The Morgan fingerprint density at radius 2 is 1.86 bits per heavy atom. The number of para-hydroxylation sites is 1. The summed E-state index contributed by atoms with van der Waals surface area (Å²) < 4.78 is 33.5. The van der Waals surface area contributed by atoms with Crippen LogP contribution in [-0.4, -0.2) is 29.3 Å². The Hall–Kier alpha value is -3.59. The van der Waals surface area contributed by atoms with E-state index in [9.17, 15) is 13.2 Å². The summed E-state index contributed by atoms with van der Waals surface area (Å²) in [6.07, 6.45) is 2.59. The van der Waals surface area contributed by atoms with E-state index in [1.807, 2.05) is 43.3 Å². The second kappa shape index (κ2) is 7.10. The van der Waals surface area contributed by atoms with Crippen molar-refractivity contribution in [3.05, 3.63) is 76.8 Å². The molecule has 9 heteroatoms. The number of ether oxygens (including phenoxy) is 1. The fourth-order valence-corrected chi connectivity index (χ4v) is 3.73. The third-order valence-electron chi connectivity index (χ3n) is 4.31. The van der Waals surface area contributed by atoms with E-state index in [0.29, 0.717) is 34.0 Å². The van der Waals surface area contributed by atoms with Gasteiger partial charge >= 0.3 is 0 Å². The average Bonchev–Trinajstić information content (AvgIpc) is 3.00. The Kier molecular flexibility index (Phi) is 4.59. The first-order chi connectivity index (χ1) is 13.8. The van der Waals surface area contributed by atoms with Crippen LogP contribution >= 0.6 is 0 Å². The zero-order valence-corrected chi connectivity index (χ0v) is 16.5. The Morgan fingerprint density at radius 1 is 1.10 bits per heavy atom. The first kappa shape index (κ1) is 18.8. The zero-order chi connectivity index (χ0) is 20.6. The molecule has 0 bridgehead atoms. The molecule has 0 unspecified atom stereocenters. The highest BCUT2D eigenvalue weighted by Gasteiger charge is 2.17. The van der Waals surface area contributed by atoms with Gasteiger partial charge in [0.1, 0.15) is 23.3 Å². The standard InChI is InChI=1S/C20H18N4O4S/c1-13-10-17(24-12-21-22-20(25)19(13)24)16-11-14(23-29(2,26)27)8-9-18(16)28-15-6-4-3-5-7-15/h3-12,23H,1-2H3,(H,22,25). The largest absolute Gasteiger partial charge is 0.457 e. The van der Waals surface area contributed by atoms with E-state index in [1.165, 1.54) is 6.33 Å². The fourth-order valence-electron chi connectivity index (χ4n) is 3.18. The van der Waals surface area contributed by atoms with Crippen molar-refractivity contribution in [3.8, 4) is 22.8 Å². The Balaban J connectivity index is 1.93. The van der Waals surface area contributed by atoms with Gasteiger partial charge in [0.05, 0.1) is 11.9 Å². The molecule has 0 saturated carbocycles. The van der Waals surface area contributed by atoms with Gasteiger partial charge in [-0.25, -0.2) is 13.5 Å². The minimum atomic E-state index is -3.46. The van der Waals surface area contributed by atoms with Gasteiger partial charge in [0.25, 0.3) is 5.56 Å². The quantitative estimate of drug-likeness (QED) is 0.526. The average molecular weight is 410 g/mol. The van der Waals surface area contributed by atoms with Crippen LogP contribution in [-0.2, 0) is 10.0 Å². The van der Waals surface area contributed by atoms with E-state index in [4.69, 9.17) is 4.74 Å². The molecule has 0 amide bonds. The summed E-state index contributed by atoms with van der Waals surface area (Å²) in [7, 11) is -3.46. The molecule has 2 heterocycles. The topological polar surface area (TPSA) is 106 Å². The van der Waals surface area contributed by atoms with Gasteiger partial charge in [0, 0.05) is 11.3 Å². The van der Waals surface area contributed by atoms with Gasteiger partial charge < -0.3 is 4.74 Å². The Labute approximate surface area is 166 Å². The lowest BCUT2D eigenvalue weighted by Gasteiger charge is -2.14. The number of hydrogen-bond acceptors (Lipinski definition) is 5. The molecule has 4 aromatic rings. The monoisotopic (exact) mass is 410 g/mol. The second-order valence-corrected chi connectivity index (χ2v) is 8.37. The number of H-pyrrole nitrogens is 1. The van der Waals surface area contributed by atoms with Crippen LogP contribution in [0.5, 0.6) is 11.5 Å². The van der Waals surface area contributed by atoms with Gasteiger partial charge in [0.2, 0.25) is 10.0 Å². The van der Waals surface area contributed by atoms with Gasteiger partial charge in [-0.2, -0.15) is 5.10 Å². The molecule has 0 radical (unpaired) electrons. The van der Waals surface area contributed by atoms with Crippen LogP contribution in [0.1, 0.15) is 5.56 Å². The van der Waals surface area contributed by atoms with Crippen LogP contribution in [0.3, 0.4) is 0 Å². The molecule has 0 aliphatic rings. The zero-order valence-electron chi connectivity index (χ0n) is 15.7. The maximum Gasteiger partial charge on any atom is 0.288 e. The molecule has 0 fully saturated rings. The summed E-state index contributed by atoms with van der Waals surface area (Å²) in [4.78, 5) is 12.2. The van der Waals surface area contributed by atoms with Crippen LogP contribution in [0, 0.1) is 6.92 Å². The van der Waals surface area contributed by atoms with Gasteiger partial charge in [-0.3, -0.25) is 13.9 Å². The maximum atomic E-state index is 12.2. The molecule has 2 N–H and O–H groups in total.